The zero-order chi connectivity index (χ0) is 15.5. The molecule has 116 valence electrons. The zero-order valence-corrected chi connectivity index (χ0v) is 12.4. The first-order valence-electron chi connectivity index (χ1n) is 7.63. The van der Waals surface area contributed by atoms with E-state index in [-0.39, 0.29) is 17.9 Å². The van der Waals surface area contributed by atoms with Gasteiger partial charge in [-0.2, -0.15) is 5.26 Å². The van der Waals surface area contributed by atoms with Crippen LogP contribution in [0.3, 0.4) is 0 Å². The van der Waals surface area contributed by atoms with Crippen LogP contribution in [0.5, 0.6) is 0 Å². The molecule has 0 unspecified atom stereocenters. The number of hydrogen-bond acceptors (Lipinski definition) is 3. The standard InChI is InChI=1S/C16H19FN4O/c17-15-8-12(9-18)3-4-13(15)10-20-6-1-2-14(11-20)21-7-5-19-16(21)22/h3-4,8,14H,1-2,5-7,10-11H2,(H,19,22)/t14-/m1/s1. The van der Waals surface area contributed by atoms with Gasteiger partial charge in [0, 0.05) is 37.8 Å². The molecule has 5 nitrogen and oxygen atoms in total. The molecule has 2 aliphatic rings. The molecule has 0 bridgehead atoms. The summed E-state index contributed by atoms with van der Waals surface area (Å²) < 4.78 is 14.0. The molecule has 2 saturated heterocycles. The van der Waals surface area contributed by atoms with Crippen LogP contribution >= 0.6 is 0 Å². The molecule has 0 spiro atoms. The van der Waals surface area contributed by atoms with Crippen LogP contribution in [-0.4, -0.2) is 48.1 Å². The highest BCUT2D eigenvalue weighted by Crippen LogP contribution is 2.20. The third-order valence-electron chi connectivity index (χ3n) is 4.39. The number of rotatable bonds is 3. The largest absolute Gasteiger partial charge is 0.336 e. The second-order valence-corrected chi connectivity index (χ2v) is 5.87. The number of benzene rings is 1. The monoisotopic (exact) mass is 302 g/mol. The van der Waals surface area contributed by atoms with Crippen molar-refractivity contribution in [1.82, 2.24) is 15.1 Å². The smallest absolute Gasteiger partial charge is 0.317 e. The number of halogens is 1. The summed E-state index contributed by atoms with van der Waals surface area (Å²) in [6, 6.07) is 6.77. The summed E-state index contributed by atoms with van der Waals surface area (Å²) in [5.74, 6) is -0.333. The van der Waals surface area contributed by atoms with Crippen molar-refractivity contribution < 1.29 is 9.18 Å². The highest BCUT2D eigenvalue weighted by molar-refractivity contribution is 5.76. The lowest BCUT2D eigenvalue weighted by Gasteiger charge is -2.37. The Labute approximate surface area is 129 Å². The average molecular weight is 302 g/mol. The van der Waals surface area contributed by atoms with E-state index in [0.717, 1.165) is 32.5 Å². The Morgan fingerprint density at radius 3 is 2.95 bits per heavy atom. The van der Waals surface area contributed by atoms with Crippen LogP contribution in [-0.2, 0) is 6.54 Å². The molecule has 6 heteroatoms. The SMILES string of the molecule is N#Cc1ccc(CN2CCC[C@@H](N3CCNC3=O)C2)c(F)c1. The van der Waals surface area contributed by atoms with E-state index >= 15 is 0 Å². The van der Waals surface area contributed by atoms with Gasteiger partial charge in [0.15, 0.2) is 0 Å². The molecule has 2 fully saturated rings. The summed E-state index contributed by atoms with van der Waals surface area (Å²) in [4.78, 5) is 15.8. The Morgan fingerprint density at radius 2 is 2.27 bits per heavy atom. The average Bonchev–Trinajstić information content (AvgIpc) is 2.96. The van der Waals surface area contributed by atoms with E-state index in [0.29, 0.717) is 24.2 Å². The molecule has 2 aliphatic heterocycles. The summed E-state index contributed by atoms with van der Waals surface area (Å²) >= 11 is 0. The van der Waals surface area contributed by atoms with Crippen LogP contribution < -0.4 is 5.32 Å². The fourth-order valence-corrected chi connectivity index (χ4v) is 3.25. The number of hydrogen-bond donors (Lipinski definition) is 1. The van der Waals surface area contributed by atoms with Crippen molar-refractivity contribution in [3.05, 3.63) is 35.1 Å². The quantitative estimate of drug-likeness (QED) is 0.924. The minimum Gasteiger partial charge on any atom is -0.336 e. The minimum absolute atomic E-state index is 0.0106. The van der Waals surface area contributed by atoms with Crippen LogP contribution in [0.15, 0.2) is 18.2 Å². The van der Waals surface area contributed by atoms with Crippen LogP contribution in [0, 0.1) is 17.1 Å². The summed E-state index contributed by atoms with van der Waals surface area (Å²) in [5.41, 5.74) is 0.942. The van der Waals surface area contributed by atoms with Gasteiger partial charge in [-0.05, 0) is 31.5 Å². The number of nitriles is 1. The molecular formula is C16H19FN4O. The number of piperidine rings is 1. The third-order valence-corrected chi connectivity index (χ3v) is 4.39. The maximum atomic E-state index is 14.0. The molecule has 0 aliphatic carbocycles. The van der Waals surface area contributed by atoms with Gasteiger partial charge in [-0.3, -0.25) is 4.90 Å². The van der Waals surface area contributed by atoms with Gasteiger partial charge >= 0.3 is 6.03 Å². The number of likely N-dealkylation sites (tertiary alicyclic amines) is 1. The van der Waals surface area contributed by atoms with Crippen LogP contribution in [0.2, 0.25) is 0 Å². The van der Waals surface area contributed by atoms with E-state index in [1.165, 1.54) is 6.07 Å². The summed E-state index contributed by atoms with van der Waals surface area (Å²) in [7, 11) is 0. The van der Waals surface area contributed by atoms with Gasteiger partial charge in [0.05, 0.1) is 11.6 Å². The van der Waals surface area contributed by atoms with Crippen LogP contribution in [0.4, 0.5) is 9.18 Å². The summed E-state index contributed by atoms with van der Waals surface area (Å²) in [6.45, 7) is 3.66. The molecule has 3 rings (SSSR count). The van der Waals surface area contributed by atoms with E-state index in [2.05, 4.69) is 10.2 Å². The van der Waals surface area contributed by atoms with E-state index in [1.807, 2.05) is 11.0 Å². The molecular weight excluding hydrogens is 283 g/mol. The maximum absolute atomic E-state index is 14.0. The number of carbonyl (C=O) groups is 1. The Hall–Kier alpha value is -2.13. The van der Waals surface area contributed by atoms with Gasteiger partial charge in [0.1, 0.15) is 5.82 Å². The summed E-state index contributed by atoms with van der Waals surface area (Å²) in [6.07, 6.45) is 2.01. The van der Waals surface area contributed by atoms with E-state index in [4.69, 9.17) is 5.26 Å². The number of urea groups is 1. The van der Waals surface area contributed by atoms with Crippen molar-refractivity contribution in [1.29, 1.82) is 5.26 Å². The molecule has 2 heterocycles. The zero-order valence-electron chi connectivity index (χ0n) is 12.4. The third kappa shape index (κ3) is 3.04. The molecule has 22 heavy (non-hydrogen) atoms. The molecule has 0 saturated carbocycles. The van der Waals surface area contributed by atoms with Crippen molar-refractivity contribution in [3.63, 3.8) is 0 Å². The molecule has 1 aromatic carbocycles. The van der Waals surface area contributed by atoms with Crippen molar-refractivity contribution in [2.75, 3.05) is 26.2 Å². The molecule has 1 atom stereocenters. The molecule has 1 aromatic rings. The lowest BCUT2D eigenvalue weighted by molar-refractivity contribution is 0.121. The Bertz CT molecular complexity index is 613. The summed E-state index contributed by atoms with van der Waals surface area (Å²) in [5, 5.41) is 11.6. The predicted molar refractivity (Wildman–Crippen MR) is 79.5 cm³/mol. The van der Waals surface area contributed by atoms with Gasteiger partial charge in [-0.1, -0.05) is 6.07 Å². The van der Waals surface area contributed by atoms with Gasteiger partial charge < -0.3 is 10.2 Å². The van der Waals surface area contributed by atoms with Crippen LogP contribution in [0.25, 0.3) is 0 Å². The molecule has 2 amide bonds. The minimum atomic E-state index is -0.333. The lowest BCUT2D eigenvalue weighted by Crippen LogP contribution is -2.48. The van der Waals surface area contributed by atoms with Crippen LogP contribution in [0.1, 0.15) is 24.0 Å². The number of nitrogens with one attached hydrogen (secondary N) is 1. The van der Waals surface area contributed by atoms with Gasteiger partial charge in [-0.25, -0.2) is 9.18 Å². The van der Waals surface area contributed by atoms with Gasteiger partial charge in [-0.15, -0.1) is 0 Å². The number of carbonyl (C=O) groups excluding carboxylic acids is 1. The second kappa shape index (κ2) is 6.32. The van der Waals surface area contributed by atoms with Crippen molar-refractivity contribution >= 4 is 6.03 Å². The number of amides is 2. The van der Waals surface area contributed by atoms with Gasteiger partial charge in [0.25, 0.3) is 0 Å². The first-order valence-corrected chi connectivity index (χ1v) is 7.63. The Morgan fingerprint density at radius 1 is 1.41 bits per heavy atom. The normalized spacial score (nSPS) is 22.5. The van der Waals surface area contributed by atoms with E-state index < -0.39 is 0 Å². The lowest BCUT2D eigenvalue weighted by atomic mass is 10.0. The first-order chi connectivity index (χ1) is 10.7. The van der Waals surface area contributed by atoms with E-state index in [9.17, 15) is 9.18 Å². The fraction of sp³-hybridized carbons (Fsp3) is 0.500. The topological polar surface area (TPSA) is 59.4 Å². The van der Waals surface area contributed by atoms with Gasteiger partial charge in [0.2, 0.25) is 0 Å². The fourth-order valence-electron chi connectivity index (χ4n) is 3.25. The van der Waals surface area contributed by atoms with Crippen molar-refractivity contribution in [3.8, 4) is 6.07 Å². The first kappa shape index (κ1) is 14.8. The predicted octanol–water partition coefficient (Wildman–Crippen LogP) is 1.69. The molecule has 0 aromatic heterocycles. The molecule has 1 N–H and O–H groups in total. The number of nitrogens with zero attached hydrogens (tertiary/aromatic N) is 3. The maximum Gasteiger partial charge on any atom is 0.317 e. The van der Waals surface area contributed by atoms with Crippen molar-refractivity contribution in [2.45, 2.75) is 25.4 Å². The second-order valence-electron chi connectivity index (χ2n) is 5.87. The Balaban J connectivity index is 1.65. The Kier molecular flexibility index (Phi) is 4.25. The van der Waals surface area contributed by atoms with E-state index in [1.54, 1.807) is 12.1 Å². The highest BCUT2D eigenvalue weighted by Gasteiger charge is 2.31. The van der Waals surface area contributed by atoms with Crippen molar-refractivity contribution in [2.24, 2.45) is 0 Å². The highest BCUT2D eigenvalue weighted by atomic mass is 19.1. The molecule has 0 radical (unpaired) electrons.